The molecule has 0 bridgehead atoms. The summed E-state index contributed by atoms with van der Waals surface area (Å²) >= 11 is 0. The number of hydrogen-bond acceptors (Lipinski definition) is 27. The average molecular weight is 1810 g/mol. The third-order valence-corrected chi connectivity index (χ3v) is 19.8. The zero-order chi connectivity index (χ0) is 96.8. The molecule has 29 N–H and O–H groups in total. The maximum absolute atomic E-state index is 14.4. The van der Waals surface area contributed by atoms with Crippen LogP contribution in [0.15, 0.2) is 78.9 Å². The van der Waals surface area contributed by atoms with Crippen molar-refractivity contribution >= 4 is 112 Å². The topological polar surface area (TPSA) is 759 Å². The molecule has 0 aliphatic heterocycles. The highest BCUT2D eigenvalue weighted by atomic mass is 16.4. The lowest BCUT2D eigenvalue weighted by Gasteiger charge is -2.32. The maximum atomic E-state index is 14.4. The second-order valence-electron chi connectivity index (χ2n) is 32.1. The molecular weight excluding hydrogens is 1690 g/mol. The van der Waals surface area contributed by atoms with Crippen molar-refractivity contribution in [3.05, 3.63) is 95.6 Å². The largest absolute Gasteiger partial charge is 0.508 e. The number of benzene rings is 3. The summed E-state index contributed by atoms with van der Waals surface area (Å²) in [6, 6.07) is -5.07. The number of carbonyl (C=O) groups is 19. The zero-order valence-electron chi connectivity index (χ0n) is 72.5. The van der Waals surface area contributed by atoms with Crippen molar-refractivity contribution in [2.75, 3.05) is 26.3 Å². The van der Waals surface area contributed by atoms with E-state index in [-0.39, 0.29) is 61.6 Å². The Morgan fingerprint density at radius 1 is 0.391 bits per heavy atom. The van der Waals surface area contributed by atoms with Gasteiger partial charge in [0, 0.05) is 19.3 Å². The second kappa shape index (κ2) is 52.8. The summed E-state index contributed by atoms with van der Waals surface area (Å²) in [5, 5.41) is 136. The number of nitrogens with one attached hydrogen (secondary N) is 15. The van der Waals surface area contributed by atoms with E-state index in [0.29, 0.717) is 17.5 Å². The lowest BCUT2D eigenvalue weighted by Crippen LogP contribution is -2.64. The van der Waals surface area contributed by atoms with Gasteiger partial charge in [-0.1, -0.05) is 88.7 Å². The summed E-state index contributed by atoms with van der Waals surface area (Å²) in [4.78, 5) is 257. The molecule has 0 unspecified atom stereocenters. The first-order valence-electron chi connectivity index (χ1n) is 41.0. The molecule has 3 rings (SSSR count). The fourth-order valence-electron chi connectivity index (χ4n) is 12.3. The molecule has 0 aromatic heterocycles. The molecule has 0 radical (unpaired) electrons. The van der Waals surface area contributed by atoms with E-state index in [1.807, 2.05) is 5.32 Å². The fraction of sp³-hybridized carbons (Fsp3) is 0.549. The number of phenolic OH excluding ortho intramolecular Hbond substituents is 2. The van der Waals surface area contributed by atoms with Crippen molar-refractivity contribution in [1.82, 2.24) is 79.8 Å². The number of nitrogens with two attached hydrogens (primary N) is 2. The monoisotopic (exact) mass is 1810 g/mol. The number of phenols is 2. The molecule has 0 aliphatic carbocycles. The second-order valence-corrected chi connectivity index (χ2v) is 32.1. The number of carbonyl (C=O) groups excluding carboxylic acids is 15. The summed E-state index contributed by atoms with van der Waals surface area (Å²) in [6.45, 7) is 10.1. The Hall–Kier alpha value is -13.0. The molecule has 0 spiro atoms. The quantitative estimate of drug-likeness (QED) is 0.0234. The Bertz CT molecular complexity index is 4350. The van der Waals surface area contributed by atoms with Crippen LogP contribution in [0, 0.1) is 11.8 Å². The number of rotatable bonds is 56. The van der Waals surface area contributed by atoms with Gasteiger partial charge in [0.25, 0.3) is 0 Å². The molecule has 128 heavy (non-hydrogen) atoms. The maximum Gasteiger partial charge on any atom is 0.326 e. The summed E-state index contributed by atoms with van der Waals surface area (Å²) in [7, 11) is 0. The fourth-order valence-corrected chi connectivity index (χ4v) is 12.3. The number of unbranched alkanes of at least 4 members (excludes halogenated alkanes) is 1. The van der Waals surface area contributed by atoms with Crippen molar-refractivity contribution in [3.63, 3.8) is 0 Å². The summed E-state index contributed by atoms with van der Waals surface area (Å²) in [6.07, 6.45) is -7.63. The van der Waals surface area contributed by atoms with Crippen LogP contribution in [0.5, 0.6) is 11.5 Å². The van der Waals surface area contributed by atoms with Gasteiger partial charge >= 0.3 is 23.9 Å². The smallest absolute Gasteiger partial charge is 0.326 e. The number of aromatic hydroxyl groups is 2. The van der Waals surface area contributed by atoms with E-state index in [1.54, 1.807) is 39.0 Å². The molecule has 3 aromatic rings. The van der Waals surface area contributed by atoms with Gasteiger partial charge in [-0.15, -0.1) is 0 Å². The minimum Gasteiger partial charge on any atom is -0.508 e. The van der Waals surface area contributed by atoms with Crippen LogP contribution in [0.1, 0.15) is 144 Å². The van der Waals surface area contributed by atoms with Crippen LogP contribution < -0.4 is 91.2 Å². The van der Waals surface area contributed by atoms with Crippen LogP contribution in [0.25, 0.3) is 0 Å². The standard InChI is InChI=1S/C82H121N17O29/c1-11-41(4)63(77(124)99-82(9,10)80(128)94-52(31-40(2)3)68(115)88-55(35-61(109)110)70(117)86-51(78(125)126)19-15-16-30-83)96-74(121)58(39-101)91-69(116)53(34-46-22-26-48(105)27-23-46)87-71(118)56(36-62(111)112)89-73(120)57(38-100)92-76(123)65(43(6)103)97-72(119)54(33-44-17-13-12-14-18-44)90-75(122)64(42(5)102)95-59(106)37-85-67(114)50(28-29-60(107)108)93-79(127)81(7,8)98-66(113)49(84)32-45-20-24-47(104)25-21-45/h12-14,17-18,20-27,40-43,49-58,63-65,100-105H,11,15-16,19,28-39,83-84H2,1-10H3,(H,85,114)(H,86,117)(H,87,118)(H,88,115)(H,89,120)(H,90,122)(H,91,116)(H,92,123)(H,93,127)(H,94,128)(H,95,106)(H,96,121)(H,97,119)(H,98,113)(H,99,124)(H,107,108)(H,109,110)(H,111,112)(H,125,126)/t41-,42+,43+,49-,50-,51-,52-,53-,54-,55-,56-,57-,58-,63-,64-,65-/m0/s1. The van der Waals surface area contributed by atoms with E-state index in [4.69, 9.17) is 11.5 Å². The number of aliphatic hydroxyl groups is 4. The van der Waals surface area contributed by atoms with Crippen molar-refractivity contribution < 1.29 is 142 Å². The molecule has 0 aliphatic rings. The van der Waals surface area contributed by atoms with Crippen LogP contribution >= 0.6 is 0 Å². The number of amides is 15. The van der Waals surface area contributed by atoms with Crippen molar-refractivity contribution in [1.29, 1.82) is 0 Å². The Kier molecular flexibility index (Phi) is 45.0. The third-order valence-electron chi connectivity index (χ3n) is 19.8. The normalized spacial score (nSPS) is 15.1. The zero-order valence-corrected chi connectivity index (χ0v) is 72.5. The van der Waals surface area contributed by atoms with E-state index < -0.39 is 279 Å². The Balaban J connectivity index is 1.85. The highest BCUT2D eigenvalue weighted by Gasteiger charge is 2.42. The summed E-state index contributed by atoms with van der Waals surface area (Å²) in [5.74, 6) is -25.5. The lowest BCUT2D eigenvalue weighted by atomic mass is 9.95. The number of aliphatic carboxylic acids is 4. The molecule has 0 saturated heterocycles. The average Bonchev–Trinajstić information content (AvgIpc) is 0.829. The molecule has 16 atom stereocenters. The van der Waals surface area contributed by atoms with Gasteiger partial charge in [-0.25, -0.2) is 4.79 Å². The van der Waals surface area contributed by atoms with E-state index >= 15 is 0 Å². The van der Waals surface area contributed by atoms with Crippen LogP contribution in [0.4, 0.5) is 0 Å². The molecule has 708 valence electrons. The first-order valence-corrected chi connectivity index (χ1v) is 41.0. The Labute approximate surface area is 736 Å². The van der Waals surface area contributed by atoms with Crippen molar-refractivity contribution in [2.45, 2.75) is 248 Å². The van der Waals surface area contributed by atoms with E-state index in [9.17, 15) is 142 Å². The van der Waals surface area contributed by atoms with Crippen LogP contribution in [-0.2, 0) is 110 Å². The molecule has 0 saturated carbocycles. The van der Waals surface area contributed by atoms with Gasteiger partial charge in [0.1, 0.15) is 95.1 Å². The van der Waals surface area contributed by atoms with E-state index in [0.717, 1.165) is 13.8 Å². The van der Waals surface area contributed by atoms with Crippen molar-refractivity contribution in [2.24, 2.45) is 23.3 Å². The summed E-state index contributed by atoms with van der Waals surface area (Å²) < 4.78 is 0. The minimum absolute atomic E-state index is 0.0162. The van der Waals surface area contributed by atoms with Crippen LogP contribution in [-0.4, -0.2) is 292 Å². The van der Waals surface area contributed by atoms with Gasteiger partial charge in [0.05, 0.1) is 50.8 Å². The van der Waals surface area contributed by atoms with Gasteiger partial charge in [0.2, 0.25) is 88.6 Å². The molecular formula is C82H121N17O29. The van der Waals surface area contributed by atoms with Crippen LogP contribution in [0.2, 0.25) is 0 Å². The number of hydrogen-bond donors (Lipinski definition) is 27. The number of carboxylic acids is 4. The van der Waals surface area contributed by atoms with Gasteiger partial charge in [-0.05, 0) is 139 Å². The highest BCUT2D eigenvalue weighted by molar-refractivity contribution is 6.02. The number of aliphatic hydroxyl groups excluding tert-OH is 4. The van der Waals surface area contributed by atoms with E-state index in [1.165, 1.54) is 95.3 Å². The SMILES string of the molecule is CC[C@H](C)[C@H](NC(=O)[C@H](CO)NC(=O)[C@H](Cc1ccc(O)cc1)NC(=O)[C@H](CC(=O)O)NC(=O)[C@H](CO)NC(=O)[C@@H](NC(=O)[C@H](Cc1ccccc1)NC(=O)[C@@H](NC(=O)CNC(=O)[C@H](CCC(=O)O)NC(=O)C(C)(C)NC(=O)[C@@H](N)Cc1ccc(O)cc1)[C@@H](C)O)[C@@H](C)O)C(=O)NC(C)(C)C(=O)N[C@@H](CC(C)C)C(=O)N[C@@H](CC(=O)O)C(=O)N[C@@H](CCCCN)C(=O)O. The van der Waals surface area contributed by atoms with Gasteiger partial charge < -0.3 is 142 Å². The molecule has 3 aromatic carbocycles. The van der Waals surface area contributed by atoms with Gasteiger partial charge in [-0.2, -0.15) is 0 Å². The Morgan fingerprint density at radius 3 is 1.22 bits per heavy atom. The third kappa shape index (κ3) is 37.6. The van der Waals surface area contributed by atoms with Crippen LogP contribution in [0.3, 0.4) is 0 Å². The summed E-state index contributed by atoms with van der Waals surface area (Å²) in [5.41, 5.74) is 8.91. The molecule has 46 nitrogen and oxygen atoms in total. The van der Waals surface area contributed by atoms with Crippen molar-refractivity contribution in [3.8, 4) is 11.5 Å². The minimum atomic E-state index is -2.23. The first-order chi connectivity index (χ1) is 59.9. The number of carboxylic acid groups (broad SMARTS) is 4. The predicted octanol–water partition coefficient (Wildman–Crippen LogP) is -6.96. The molecule has 46 heteroatoms. The molecule has 15 amide bonds. The Morgan fingerprint density at radius 2 is 0.773 bits per heavy atom. The molecule has 0 heterocycles. The van der Waals surface area contributed by atoms with Gasteiger partial charge in [0.15, 0.2) is 0 Å². The van der Waals surface area contributed by atoms with Gasteiger partial charge in [-0.3, -0.25) is 86.3 Å². The van der Waals surface area contributed by atoms with E-state index in [2.05, 4.69) is 74.4 Å². The highest BCUT2D eigenvalue weighted by Crippen LogP contribution is 2.19. The predicted molar refractivity (Wildman–Crippen MR) is 451 cm³/mol. The lowest BCUT2D eigenvalue weighted by molar-refractivity contribution is -0.144. The molecule has 0 fully saturated rings. The first kappa shape index (κ1) is 109.